The normalized spacial score (nSPS) is 11.5. The van der Waals surface area contributed by atoms with Crippen molar-refractivity contribution >= 4 is 17.4 Å². The zero-order valence-corrected chi connectivity index (χ0v) is 13.9. The summed E-state index contributed by atoms with van der Waals surface area (Å²) >= 11 is 6.24. The van der Waals surface area contributed by atoms with Crippen molar-refractivity contribution in [1.29, 1.82) is 0 Å². The Balaban J connectivity index is 2.28. The Kier molecular flexibility index (Phi) is 4.47. The number of hydrogen-bond donors (Lipinski definition) is 1. The minimum Gasteiger partial charge on any atom is -0.366 e. The fourth-order valence-corrected chi connectivity index (χ4v) is 2.05. The molecule has 4 nitrogen and oxygen atoms in total. The second kappa shape index (κ2) is 5.98. The molecule has 0 spiro atoms. The van der Waals surface area contributed by atoms with Gasteiger partial charge in [0.25, 0.3) is 0 Å². The van der Waals surface area contributed by atoms with Gasteiger partial charge in [-0.25, -0.2) is 9.97 Å². The third-order valence-electron chi connectivity index (χ3n) is 3.34. The average Bonchev–Trinajstić information content (AvgIpc) is 2.40. The molecule has 0 aliphatic rings. The Morgan fingerprint density at radius 3 is 2.52 bits per heavy atom. The largest absolute Gasteiger partial charge is 0.366 e. The molecular formula is C16H21ClN4. The van der Waals surface area contributed by atoms with Crippen molar-refractivity contribution < 1.29 is 0 Å². The molecule has 112 valence electrons. The van der Waals surface area contributed by atoms with Crippen LogP contribution in [-0.2, 0) is 12.0 Å². The van der Waals surface area contributed by atoms with Crippen LogP contribution >= 0.6 is 11.6 Å². The minimum atomic E-state index is -0.139. The Labute approximate surface area is 131 Å². The van der Waals surface area contributed by atoms with Gasteiger partial charge < -0.3 is 5.32 Å². The number of halogens is 1. The van der Waals surface area contributed by atoms with Crippen LogP contribution in [0.5, 0.6) is 0 Å². The average molecular weight is 305 g/mol. The zero-order chi connectivity index (χ0) is 15.6. The highest BCUT2D eigenvalue weighted by Crippen LogP contribution is 2.26. The molecule has 0 aromatic carbocycles. The van der Waals surface area contributed by atoms with Gasteiger partial charge in [0.05, 0.1) is 0 Å². The Hall–Kier alpha value is -1.68. The summed E-state index contributed by atoms with van der Waals surface area (Å²) in [4.78, 5) is 13.1. The molecule has 2 heterocycles. The molecule has 1 N–H and O–H groups in total. The number of aromatic nitrogens is 3. The molecule has 2 aromatic heterocycles. The number of rotatable bonds is 3. The second-order valence-electron chi connectivity index (χ2n) is 6.22. The quantitative estimate of drug-likeness (QED) is 0.869. The van der Waals surface area contributed by atoms with Crippen LogP contribution in [0.25, 0.3) is 0 Å². The predicted molar refractivity (Wildman–Crippen MR) is 86.8 cm³/mol. The van der Waals surface area contributed by atoms with Crippen LogP contribution in [0.2, 0.25) is 5.15 Å². The van der Waals surface area contributed by atoms with Crippen molar-refractivity contribution in [1.82, 2.24) is 15.0 Å². The SMILES string of the molecule is Cc1cnccc1CNc1nc(C(C)(C)C)nc(Cl)c1C. The van der Waals surface area contributed by atoms with Gasteiger partial charge in [0.2, 0.25) is 0 Å². The first kappa shape index (κ1) is 15.7. The third kappa shape index (κ3) is 3.70. The van der Waals surface area contributed by atoms with Crippen LogP contribution in [0.3, 0.4) is 0 Å². The summed E-state index contributed by atoms with van der Waals surface area (Å²) in [7, 11) is 0. The summed E-state index contributed by atoms with van der Waals surface area (Å²) in [5, 5.41) is 3.86. The molecule has 0 saturated heterocycles. The van der Waals surface area contributed by atoms with Gasteiger partial charge >= 0.3 is 0 Å². The van der Waals surface area contributed by atoms with E-state index in [1.54, 1.807) is 6.20 Å². The van der Waals surface area contributed by atoms with E-state index < -0.39 is 0 Å². The molecule has 0 radical (unpaired) electrons. The van der Waals surface area contributed by atoms with E-state index >= 15 is 0 Å². The molecular weight excluding hydrogens is 284 g/mol. The maximum absolute atomic E-state index is 6.24. The van der Waals surface area contributed by atoms with Gasteiger partial charge in [0.15, 0.2) is 0 Å². The van der Waals surface area contributed by atoms with E-state index in [1.807, 2.05) is 26.1 Å². The van der Waals surface area contributed by atoms with Crippen molar-refractivity contribution in [2.75, 3.05) is 5.32 Å². The summed E-state index contributed by atoms with van der Waals surface area (Å²) in [6.45, 7) is 10.9. The molecule has 2 aromatic rings. The molecule has 0 aliphatic carbocycles. The molecule has 2 rings (SSSR count). The second-order valence-corrected chi connectivity index (χ2v) is 6.58. The van der Waals surface area contributed by atoms with Crippen LogP contribution in [0.15, 0.2) is 18.5 Å². The van der Waals surface area contributed by atoms with Gasteiger partial charge in [-0.1, -0.05) is 32.4 Å². The van der Waals surface area contributed by atoms with Gasteiger partial charge in [-0.05, 0) is 31.0 Å². The van der Waals surface area contributed by atoms with Crippen LogP contribution in [0.4, 0.5) is 5.82 Å². The molecule has 0 unspecified atom stereocenters. The van der Waals surface area contributed by atoms with Crippen molar-refractivity contribution in [3.05, 3.63) is 46.1 Å². The number of aryl methyl sites for hydroxylation is 1. The lowest BCUT2D eigenvalue weighted by Crippen LogP contribution is -2.18. The Morgan fingerprint density at radius 2 is 1.90 bits per heavy atom. The maximum atomic E-state index is 6.24. The number of hydrogen-bond acceptors (Lipinski definition) is 4. The zero-order valence-electron chi connectivity index (χ0n) is 13.2. The van der Waals surface area contributed by atoms with E-state index in [0.29, 0.717) is 11.7 Å². The van der Waals surface area contributed by atoms with Crippen molar-refractivity contribution in [2.45, 2.75) is 46.6 Å². The van der Waals surface area contributed by atoms with Crippen LogP contribution in [0.1, 0.15) is 43.3 Å². The van der Waals surface area contributed by atoms with Crippen LogP contribution in [-0.4, -0.2) is 15.0 Å². The minimum absolute atomic E-state index is 0.139. The Bertz CT molecular complexity index is 647. The highest BCUT2D eigenvalue weighted by atomic mass is 35.5. The van der Waals surface area contributed by atoms with Gasteiger partial charge in [-0.15, -0.1) is 0 Å². The molecule has 0 saturated carbocycles. The van der Waals surface area contributed by atoms with E-state index in [1.165, 1.54) is 5.56 Å². The smallest absolute Gasteiger partial charge is 0.137 e. The van der Waals surface area contributed by atoms with E-state index in [0.717, 1.165) is 22.8 Å². The van der Waals surface area contributed by atoms with Gasteiger partial charge in [-0.3, -0.25) is 4.98 Å². The number of nitrogens with one attached hydrogen (secondary N) is 1. The summed E-state index contributed by atoms with van der Waals surface area (Å²) < 4.78 is 0. The van der Waals surface area contributed by atoms with E-state index in [9.17, 15) is 0 Å². The summed E-state index contributed by atoms with van der Waals surface area (Å²) in [5.74, 6) is 1.53. The first-order chi connectivity index (χ1) is 9.79. The highest BCUT2D eigenvalue weighted by Gasteiger charge is 2.20. The number of anilines is 1. The Morgan fingerprint density at radius 1 is 1.19 bits per heavy atom. The number of nitrogens with zero attached hydrogens (tertiary/aromatic N) is 3. The topological polar surface area (TPSA) is 50.7 Å². The third-order valence-corrected chi connectivity index (χ3v) is 3.71. The molecule has 5 heteroatoms. The fourth-order valence-electron chi connectivity index (χ4n) is 1.88. The first-order valence-electron chi connectivity index (χ1n) is 6.97. The lowest BCUT2D eigenvalue weighted by Gasteiger charge is -2.19. The summed E-state index contributed by atoms with van der Waals surface area (Å²) in [6.07, 6.45) is 3.65. The molecule has 21 heavy (non-hydrogen) atoms. The fraction of sp³-hybridized carbons (Fsp3) is 0.438. The molecule has 0 amide bonds. The maximum Gasteiger partial charge on any atom is 0.137 e. The van der Waals surface area contributed by atoms with Gasteiger partial charge in [-0.2, -0.15) is 0 Å². The molecule has 0 fully saturated rings. The van der Waals surface area contributed by atoms with Crippen molar-refractivity contribution in [2.24, 2.45) is 0 Å². The lowest BCUT2D eigenvalue weighted by atomic mass is 9.95. The summed E-state index contributed by atoms with van der Waals surface area (Å²) in [5.41, 5.74) is 3.08. The van der Waals surface area contributed by atoms with Gasteiger partial charge in [0.1, 0.15) is 16.8 Å². The molecule has 0 bridgehead atoms. The van der Waals surface area contributed by atoms with Crippen LogP contribution < -0.4 is 5.32 Å². The van der Waals surface area contributed by atoms with Crippen molar-refractivity contribution in [3.63, 3.8) is 0 Å². The van der Waals surface area contributed by atoms with Crippen molar-refractivity contribution in [3.8, 4) is 0 Å². The van der Waals surface area contributed by atoms with E-state index in [2.05, 4.69) is 41.0 Å². The van der Waals surface area contributed by atoms with E-state index in [4.69, 9.17) is 11.6 Å². The monoisotopic (exact) mass is 304 g/mol. The molecule has 0 aliphatic heterocycles. The van der Waals surface area contributed by atoms with Gasteiger partial charge in [0, 0.05) is 29.9 Å². The standard InChI is InChI=1S/C16H21ClN4/c1-10-8-18-7-6-12(10)9-19-14-11(2)13(17)20-15(21-14)16(3,4)5/h6-8H,9H2,1-5H3,(H,19,20,21). The number of pyridine rings is 1. The lowest BCUT2D eigenvalue weighted by molar-refractivity contribution is 0.545. The first-order valence-corrected chi connectivity index (χ1v) is 7.35. The predicted octanol–water partition coefficient (Wildman–Crippen LogP) is 4.05. The molecule has 0 atom stereocenters. The van der Waals surface area contributed by atoms with E-state index in [-0.39, 0.29) is 5.41 Å². The summed E-state index contributed by atoms with van der Waals surface area (Å²) in [6, 6.07) is 2.01. The van der Waals surface area contributed by atoms with Crippen LogP contribution in [0, 0.1) is 13.8 Å². The highest BCUT2D eigenvalue weighted by molar-refractivity contribution is 6.30.